The van der Waals surface area contributed by atoms with Gasteiger partial charge in [-0.2, -0.15) is 0 Å². The number of nitrogens with one attached hydrogen (secondary N) is 1. The third-order valence-electron chi connectivity index (χ3n) is 4.10. The van der Waals surface area contributed by atoms with E-state index in [4.69, 9.17) is 9.57 Å². The second-order valence-electron chi connectivity index (χ2n) is 6.11. The van der Waals surface area contributed by atoms with E-state index in [1.807, 2.05) is 48.5 Å². The van der Waals surface area contributed by atoms with Crippen molar-refractivity contribution in [1.82, 2.24) is 10.5 Å². The van der Waals surface area contributed by atoms with E-state index >= 15 is 0 Å². The van der Waals surface area contributed by atoms with E-state index in [0.717, 1.165) is 11.4 Å². The zero-order valence-electron chi connectivity index (χ0n) is 15.3. The fourth-order valence-corrected chi connectivity index (χ4v) is 2.70. The van der Waals surface area contributed by atoms with Crippen molar-refractivity contribution >= 4 is 5.91 Å². The Labute approximate surface area is 163 Å². The van der Waals surface area contributed by atoms with Gasteiger partial charge in [0.05, 0.1) is 5.92 Å². The van der Waals surface area contributed by atoms with Crippen LogP contribution in [0, 0.1) is 5.82 Å². The molecule has 0 saturated heterocycles. The molecular weight excluding hydrogens is 359 g/mol. The molecule has 0 aliphatic carbocycles. The highest BCUT2D eigenvalue weighted by atomic mass is 19.1. The van der Waals surface area contributed by atoms with Crippen molar-refractivity contribution in [2.45, 2.75) is 12.3 Å². The molecule has 1 amide bonds. The quantitative estimate of drug-likeness (QED) is 0.454. The van der Waals surface area contributed by atoms with Crippen LogP contribution in [0.1, 0.15) is 17.2 Å². The summed E-state index contributed by atoms with van der Waals surface area (Å²) in [7, 11) is 0. The number of carbonyl (C=O) groups excluding carboxylic acids is 1. The lowest BCUT2D eigenvalue weighted by Crippen LogP contribution is -2.32. The van der Waals surface area contributed by atoms with E-state index in [-0.39, 0.29) is 18.3 Å². The zero-order valence-corrected chi connectivity index (χ0v) is 15.3. The molecular formula is C22H21FN2O3. The molecule has 1 N–H and O–H groups in total. The topological polar surface area (TPSA) is 60.5 Å². The van der Waals surface area contributed by atoms with Gasteiger partial charge in [-0.05, 0) is 42.0 Å². The van der Waals surface area contributed by atoms with E-state index < -0.39 is 5.92 Å². The van der Waals surface area contributed by atoms with Gasteiger partial charge in [-0.3, -0.25) is 14.6 Å². The molecule has 3 rings (SSSR count). The van der Waals surface area contributed by atoms with Crippen molar-refractivity contribution in [2.75, 3.05) is 13.2 Å². The highest BCUT2D eigenvalue weighted by molar-refractivity contribution is 5.83. The van der Waals surface area contributed by atoms with Gasteiger partial charge in [0.2, 0.25) is 0 Å². The average molecular weight is 380 g/mol. The maximum absolute atomic E-state index is 13.3. The van der Waals surface area contributed by atoms with E-state index in [9.17, 15) is 9.18 Å². The first-order valence-electron chi connectivity index (χ1n) is 8.97. The summed E-state index contributed by atoms with van der Waals surface area (Å²) in [6.07, 6.45) is 2.05. The number of carbonyl (C=O) groups is 1. The Balaban J connectivity index is 1.56. The Kier molecular flexibility index (Phi) is 7.09. The number of rotatable bonds is 9. The number of ether oxygens (including phenoxy) is 1. The maximum atomic E-state index is 13.3. The van der Waals surface area contributed by atoms with Crippen LogP contribution >= 0.6 is 0 Å². The molecule has 1 aromatic heterocycles. The Morgan fingerprint density at radius 3 is 2.43 bits per heavy atom. The van der Waals surface area contributed by atoms with Crippen molar-refractivity contribution in [3.8, 4) is 5.75 Å². The molecule has 28 heavy (non-hydrogen) atoms. The molecule has 3 aromatic rings. The summed E-state index contributed by atoms with van der Waals surface area (Å²) in [6, 6.07) is 20.7. The molecule has 0 aliphatic rings. The molecule has 1 unspecified atom stereocenters. The van der Waals surface area contributed by atoms with Crippen LogP contribution in [0.15, 0.2) is 79.0 Å². The summed E-state index contributed by atoms with van der Waals surface area (Å²) in [5, 5.41) is 0. The van der Waals surface area contributed by atoms with Crippen molar-refractivity contribution in [3.63, 3.8) is 0 Å². The first kappa shape index (κ1) is 19.5. The maximum Gasteiger partial charge on any atom is 0.251 e. The van der Waals surface area contributed by atoms with Crippen molar-refractivity contribution in [1.29, 1.82) is 0 Å². The molecule has 0 radical (unpaired) electrons. The fourth-order valence-electron chi connectivity index (χ4n) is 2.70. The lowest BCUT2D eigenvalue weighted by molar-refractivity contribution is -0.135. The monoisotopic (exact) mass is 380 g/mol. The van der Waals surface area contributed by atoms with Crippen molar-refractivity contribution < 1.29 is 18.8 Å². The largest absolute Gasteiger partial charge is 0.491 e. The van der Waals surface area contributed by atoms with Crippen LogP contribution in [-0.4, -0.2) is 24.1 Å². The SMILES string of the molecule is O=C(NOCCOc1ccccc1)C(Cc1ccccn1)c1ccc(F)cc1. The van der Waals surface area contributed by atoms with Crippen molar-refractivity contribution in [3.05, 3.63) is 96.1 Å². The second-order valence-corrected chi connectivity index (χ2v) is 6.11. The first-order chi connectivity index (χ1) is 13.7. The predicted molar refractivity (Wildman–Crippen MR) is 103 cm³/mol. The van der Waals surface area contributed by atoms with E-state index in [2.05, 4.69) is 10.5 Å². The van der Waals surface area contributed by atoms with Crippen LogP contribution in [0.4, 0.5) is 4.39 Å². The van der Waals surface area contributed by atoms with Crippen LogP contribution in [0.25, 0.3) is 0 Å². The number of benzene rings is 2. The Hall–Kier alpha value is -3.25. The van der Waals surface area contributed by atoms with Crippen LogP contribution in [0.3, 0.4) is 0 Å². The Morgan fingerprint density at radius 1 is 0.964 bits per heavy atom. The Bertz CT molecular complexity index is 858. The van der Waals surface area contributed by atoms with Crippen LogP contribution in [0.5, 0.6) is 5.75 Å². The van der Waals surface area contributed by atoms with Gasteiger partial charge in [-0.1, -0.05) is 36.4 Å². The van der Waals surface area contributed by atoms with Crippen LogP contribution in [0.2, 0.25) is 0 Å². The second kappa shape index (κ2) is 10.2. The molecule has 5 nitrogen and oxygen atoms in total. The number of hydrogen-bond acceptors (Lipinski definition) is 4. The van der Waals surface area contributed by atoms with Gasteiger partial charge in [0.1, 0.15) is 24.8 Å². The van der Waals surface area contributed by atoms with Gasteiger partial charge in [0.15, 0.2) is 0 Å². The number of aromatic nitrogens is 1. The normalized spacial score (nSPS) is 11.6. The van der Waals surface area contributed by atoms with Crippen LogP contribution in [-0.2, 0) is 16.1 Å². The molecule has 0 spiro atoms. The summed E-state index contributed by atoms with van der Waals surface area (Å²) >= 11 is 0. The van der Waals surface area contributed by atoms with E-state index in [0.29, 0.717) is 18.6 Å². The van der Waals surface area contributed by atoms with Crippen LogP contribution < -0.4 is 10.2 Å². The summed E-state index contributed by atoms with van der Waals surface area (Å²) in [5.41, 5.74) is 3.91. The molecule has 144 valence electrons. The van der Waals surface area contributed by atoms with E-state index in [1.54, 1.807) is 18.3 Å². The third kappa shape index (κ3) is 5.89. The molecule has 6 heteroatoms. The first-order valence-corrected chi connectivity index (χ1v) is 8.97. The minimum Gasteiger partial charge on any atom is -0.491 e. The lowest BCUT2D eigenvalue weighted by atomic mass is 9.93. The smallest absolute Gasteiger partial charge is 0.251 e. The number of pyridine rings is 1. The van der Waals surface area contributed by atoms with Gasteiger partial charge >= 0.3 is 0 Å². The van der Waals surface area contributed by atoms with Gasteiger partial charge in [-0.25, -0.2) is 9.87 Å². The average Bonchev–Trinajstić information content (AvgIpc) is 2.74. The fraction of sp³-hybridized carbons (Fsp3) is 0.182. The van der Waals surface area contributed by atoms with Gasteiger partial charge in [0, 0.05) is 18.3 Å². The summed E-state index contributed by atoms with van der Waals surface area (Å²) in [5.74, 6) is -0.491. The molecule has 0 aliphatic heterocycles. The minimum atomic E-state index is -0.550. The highest BCUT2D eigenvalue weighted by Crippen LogP contribution is 2.21. The molecule has 1 atom stereocenters. The van der Waals surface area contributed by atoms with Gasteiger partial charge in [-0.15, -0.1) is 0 Å². The standard InChI is InChI=1S/C22H21FN2O3/c23-18-11-9-17(10-12-18)21(16-19-6-4-5-13-24-19)22(26)25-28-15-14-27-20-7-2-1-3-8-20/h1-13,21H,14-16H2,(H,25,26). The number of nitrogens with zero attached hydrogens (tertiary/aromatic N) is 1. The minimum absolute atomic E-state index is 0.195. The number of halogens is 1. The highest BCUT2D eigenvalue weighted by Gasteiger charge is 2.22. The number of hydroxylamine groups is 1. The summed E-state index contributed by atoms with van der Waals surface area (Å²) < 4.78 is 18.8. The van der Waals surface area contributed by atoms with Gasteiger partial charge < -0.3 is 4.74 Å². The number of amides is 1. The lowest BCUT2D eigenvalue weighted by Gasteiger charge is -2.17. The Morgan fingerprint density at radius 2 is 1.71 bits per heavy atom. The summed E-state index contributed by atoms with van der Waals surface area (Å²) in [6.45, 7) is 0.492. The molecule has 2 aromatic carbocycles. The number of hydrogen-bond donors (Lipinski definition) is 1. The van der Waals surface area contributed by atoms with Gasteiger partial charge in [0.25, 0.3) is 5.91 Å². The third-order valence-corrected chi connectivity index (χ3v) is 4.10. The molecule has 1 heterocycles. The predicted octanol–water partition coefficient (Wildman–Crippen LogP) is 3.67. The zero-order chi connectivity index (χ0) is 19.6. The molecule has 0 saturated carbocycles. The van der Waals surface area contributed by atoms with E-state index in [1.165, 1.54) is 12.1 Å². The summed E-state index contributed by atoms with van der Waals surface area (Å²) in [4.78, 5) is 22.2. The number of para-hydroxylation sites is 1. The molecule has 0 bridgehead atoms. The van der Waals surface area contributed by atoms with Crippen molar-refractivity contribution in [2.24, 2.45) is 0 Å². The molecule has 0 fully saturated rings.